The lowest BCUT2D eigenvalue weighted by molar-refractivity contribution is -0.297. The van der Waals surface area contributed by atoms with Crippen molar-refractivity contribution in [2.45, 2.75) is 275 Å². The topological polar surface area (TPSA) is 186 Å². The molecule has 1 fully saturated rings. The smallest absolute Gasteiger partial charge is 0.306 e. The molecular weight excluding hydrogens is 861 g/mol. The minimum Gasteiger partial charge on any atom is -0.462 e. The van der Waals surface area contributed by atoms with Crippen LogP contribution in [-0.2, 0) is 38.7 Å². The molecule has 4 N–H and O–H groups in total. The quantitative estimate of drug-likeness (QED) is 0.0149. The number of rotatable bonds is 45. The van der Waals surface area contributed by atoms with E-state index in [-0.39, 0.29) is 19.4 Å². The Morgan fingerprint density at radius 1 is 0.545 bits per heavy atom. The third-order valence-electron chi connectivity index (χ3n) is 12.3. The lowest BCUT2D eigenvalue weighted by Crippen LogP contribution is -2.60. The third kappa shape index (κ3) is 36.9. The van der Waals surface area contributed by atoms with Crippen LogP contribution in [0.25, 0.3) is 0 Å². The first kappa shape index (κ1) is 61.9. The number of hydrogen-bond donors (Lipinski definition) is 4. The van der Waals surface area contributed by atoms with Crippen LogP contribution < -0.4 is 0 Å². The standard InChI is InChI=1S/C53H96O12S/c1-3-5-7-9-11-13-15-17-19-20-21-22-23-24-25-26-28-30-32-34-36-38-40-42-49(55)64-46(44-63-53-52(58)51(57)50(56)47(65-53)45-66(59,60)61)43-62-48(54)41-39-37-35-33-31-29-27-18-16-14-12-10-8-6-4-2/h16,27,34,36,46-47,50-53,56-58H,3-15,17,19-26,28-33,35,37-45H2,1-2H3,(H,59,60,61)/b36-34+/t18?,46-,47-,50-,51?,52?,53+/m1/s1. The van der Waals surface area contributed by atoms with Gasteiger partial charge in [0.05, 0.1) is 6.61 Å². The molecule has 386 valence electrons. The minimum absolute atomic E-state index is 0.114. The number of aliphatic hydroxyl groups excluding tert-OH is 3. The van der Waals surface area contributed by atoms with Gasteiger partial charge in [0.1, 0.15) is 36.8 Å². The molecule has 1 aliphatic heterocycles. The van der Waals surface area contributed by atoms with Crippen LogP contribution >= 0.6 is 0 Å². The maximum absolute atomic E-state index is 12.9. The molecule has 0 aromatic rings. The van der Waals surface area contributed by atoms with Crippen LogP contribution in [0.3, 0.4) is 0 Å². The minimum atomic E-state index is -4.61. The van der Waals surface area contributed by atoms with Gasteiger partial charge in [-0.1, -0.05) is 180 Å². The number of carbonyl (C=O) groups excluding carboxylic acids is 2. The van der Waals surface area contributed by atoms with Gasteiger partial charge in [-0.3, -0.25) is 14.1 Å². The largest absolute Gasteiger partial charge is 0.462 e. The fourth-order valence-electron chi connectivity index (χ4n) is 8.13. The molecule has 0 aromatic heterocycles. The second-order valence-corrected chi connectivity index (χ2v) is 20.1. The molecule has 1 saturated heterocycles. The highest BCUT2D eigenvalue weighted by atomic mass is 32.2. The highest BCUT2D eigenvalue weighted by Crippen LogP contribution is 2.24. The molecular formula is C53H96O12S. The summed E-state index contributed by atoms with van der Waals surface area (Å²) in [7, 11) is -4.61. The lowest BCUT2D eigenvalue weighted by atomic mass is 10.00. The number of aliphatic hydroxyl groups is 3. The molecule has 1 aliphatic rings. The second kappa shape index (κ2) is 43.0. The number of ether oxygens (including phenoxy) is 4. The van der Waals surface area contributed by atoms with Crippen LogP contribution in [0.1, 0.15) is 239 Å². The van der Waals surface area contributed by atoms with Crippen molar-refractivity contribution in [2.24, 2.45) is 0 Å². The molecule has 6 atom stereocenters. The van der Waals surface area contributed by atoms with E-state index in [4.69, 9.17) is 18.9 Å². The SMILES string of the molecule is CCCCCCCC=C=CCCCCCCCC(=O)OC[C@H](CO[C@H]1O[C@H](CS(=O)(=O)O)[C@@H](O)C(O)C1O)OC(=O)CCC/C=C/CCCCCCCCCCCCCCCCCCCC. The van der Waals surface area contributed by atoms with Gasteiger partial charge in [-0.15, -0.1) is 5.73 Å². The molecule has 13 heteroatoms. The Morgan fingerprint density at radius 2 is 0.970 bits per heavy atom. The van der Waals surface area contributed by atoms with Crippen molar-refractivity contribution in [3.8, 4) is 0 Å². The summed E-state index contributed by atoms with van der Waals surface area (Å²) in [5.74, 6) is -2.04. The fraction of sp³-hybridized carbons (Fsp3) is 0.868. The van der Waals surface area contributed by atoms with Gasteiger partial charge in [-0.25, -0.2) is 0 Å². The fourth-order valence-corrected chi connectivity index (χ4v) is 8.82. The number of allylic oxidation sites excluding steroid dienone is 3. The summed E-state index contributed by atoms with van der Waals surface area (Å²) < 4.78 is 54.2. The number of carbonyl (C=O) groups is 2. The Hall–Kier alpha value is -2.09. The Balaban J connectivity index is 2.36. The van der Waals surface area contributed by atoms with E-state index in [1.807, 2.05) is 0 Å². The summed E-state index contributed by atoms with van der Waals surface area (Å²) in [6.45, 7) is 3.74. The summed E-state index contributed by atoms with van der Waals surface area (Å²) in [5.41, 5.74) is 3.28. The van der Waals surface area contributed by atoms with Crippen LogP contribution in [0.4, 0.5) is 0 Å². The van der Waals surface area contributed by atoms with E-state index in [0.29, 0.717) is 19.3 Å². The molecule has 0 bridgehead atoms. The molecule has 12 nitrogen and oxygen atoms in total. The normalized spacial score (nSPS) is 19.2. The molecule has 0 spiro atoms. The van der Waals surface area contributed by atoms with E-state index in [1.54, 1.807) is 0 Å². The first-order valence-corrected chi connectivity index (χ1v) is 28.2. The van der Waals surface area contributed by atoms with Crippen LogP contribution in [0.5, 0.6) is 0 Å². The second-order valence-electron chi connectivity index (χ2n) is 18.6. The van der Waals surface area contributed by atoms with Crippen molar-refractivity contribution < 1.29 is 56.8 Å². The van der Waals surface area contributed by atoms with Crippen molar-refractivity contribution in [2.75, 3.05) is 19.0 Å². The summed E-state index contributed by atoms with van der Waals surface area (Å²) in [6.07, 6.45) is 38.7. The van der Waals surface area contributed by atoms with Gasteiger partial charge in [0, 0.05) is 12.8 Å². The van der Waals surface area contributed by atoms with E-state index in [2.05, 4.69) is 43.9 Å². The predicted octanol–water partition coefficient (Wildman–Crippen LogP) is 12.1. The van der Waals surface area contributed by atoms with Gasteiger partial charge >= 0.3 is 11.9 Å². The Morgan fingerprint density at radius 3 is 1.45 bits per heavy atom. The molecule has 1 heterocycles. The van der Waals surface area contributed by atoms with Gasteiger partial charge in [0.2, 0.25) is 0 Å². The maximum atomic E-state index is 12.9. The van der Waals surface area contributed by atoms with Crippen LogP contribution in [0, 0.1) is 0 Å². The van der Waals surface area contributed by atoms with Crippen molar-refractivity contribution in [1.29, 1.82) is 0 Å². The molecule has 66 heavy (non-hydrogen) atoms. The highest BCUT2D eigenvalue weighted by molar-refractivity contribution is 7.85. The monoisotopic (exact) mass is 957 g/mol. The van der Waals surface area contributed by atoms with Gasteiger partial charge in [0.25, 0.3) is 10.1 Å². The van der Waals surface area contributed by atoms with Crippen LogP contribution in [-0.4, -0.2) is 96.0 Å². The van der Waals surface area contributed by atoms with E-state index in [9.17, 15) is 37.9 Å². The molecule has 0 aromatic carbocycles. The zero-order valence-electron chi connectivity index (χ0n) is 41.6. The van der Waals surface area contributed by atoms with Crippen molar-refractivity contribution in [1.82, 2.24) is 0 Å². The Bertz CT molecular complexity index is 1360. The first-order chi connectivity index (χ1) is 32.0. The average molecular weight is 957 g/mol. The van der Waals surface area contributed by atoms with Gasteiger partial charge in [-0.05, 0) is 69.9 Å². The zero-order chi connectivity index (χ0) is 48.4. The van der Waals surface area contributed by atoms with Gasteiger partial charge in [-0.2, -0.15) is 8.42 Å². The summed E-state index contributed by atoms with van der Waals surface area (Å²) in [5, 5.41) is 31.0. The van der Waals surface area contributed by atoms with E-state index in [0.717, 1.165) is 51.4 Å². The molecule has 1 rings (SSSR count). The Kier molecular flexibility index (Phi) is 40.3. The highest BCUT2D eigenvalue weighted by Gasteiger charge is 2.46. The maximum Gasteiger partial charge on any atom is 0.306 e. The van der Waals surface area contributed by atoms with Gasteiger partial charge in [0.15, 0.2) is 12.4 Å². The summed E-state index contributed by atoms with van der Waals surface area (Å²) in [6, 6.07) is 0. The van der Waals surface area contributed by atoms with Crippen LogP contribution in [0.2, 0.25) is 0 Å². The zero-order valence-corrected chi connectivity index (χ0v) is 42.4. The number of unbranched alkanes of at least 4 members (excludes halogenated alkanes) is 29. The number of hydrogen-bond acceptors (Lipinski definition) is 11. The first-order valence-electron chi connectivity index (χ1n) is 26.6. The van der Waals surface area contributed by atoms with E-state index >= 15 is 0 Å². The summed E-state index contributed by atoms with van der Waals surface area (Å²) >= 11 is 0. The van der Waals surface area contributed by atoms with Crippen LogP contribution in [0.15, 0.2) is 30.0 Å². The average Bonchev–Trinajstić information content (AvgIpc) is 3.28. The van der Waals surface area contributed by atoms with Crippen molar-refractivity contribution in [3.05, 3.63) is 30.0 Å². The molecule has 2 unspecified atom stereocenters. The lowest BCUT2D eigenvalue weighted by Gasteiger charge is -2.40. The molecule has 0 saturated carbocycles. The molecule has 0 aliphatic carbocycles. The molecule has 0 radical (unpaired) electrons. The molecule has 0 amide bonds. The van der Waals surface area contributed by atoms with Crippen molar-refractivity contribution in [3.63, 3.8) is 0 Å². The van der Waals surface area contributed by atoms with Gasteiger partial charge < -0.3 is 34.3 Å². The summed E-state index contributed by atoms with van der Waals surface area (Å²) in [4.78, 5) is 25.5. The Labute approximate surface area is 401 Å². The van der Waals surface area contributed by atoms with E-state index < -0.39 is 71.2 Å². The van der Waals surface area contributed by atoms with E-state index in [1.165, 1.54) is 141 Å². The third-order valence-corrected chi connectivity index (χ3v) is 13.0. The van der Waals surface area contributed by atoms with Crippen molar-refractivity contribution >= 4 is 22.1 Å². The number of esters is 2. The predicted molar refractivity (Wildman–Crippen MR) is 265 cm³/mol.